The summed E-state index contributed by atoms with van der Waals surface area (Å²) in [7, 11) is 2.39. The van der Waals surface area contributed by atoms with E-state index in [1.165, 1.54) is 26.4 Å². The van der Waals surface area contributed by atoms with E-state index in [0.29, 0.717) is 22.6 Å². The number of hydrogen-bond acceptors (Lipinski definition) is 9. The topological polar surface area (TPSA) is 109 Å². The lowest BCUT2D eigenvalue weighted by Gasteiger charge is -2.35. The molecular formula is C31H31F2N5O5. The van der Waals surface area contributed by atoms with Crippen LogP contribution in [-0.2, 0) is 4.79 Å². The number of benzene rings is 2. The van der Waals surface area contributed by atoms with Crippen LogP contribution in [0.2, 0.25) is 0 Å². The number of nitrogens with zero attached hydrogens (tertiary/aromatic N) is 3. The zero-order chi connectivity index (χ0) is 30.7. The number of pyridine rings is 1. The molecule has 1 amide bonds. The third-order valence-corrected chi connectivity index (χ3v) is 7.30. The number of rotatable bonds is 10. The Labute approximate surface area is 246 Å². The van der Waals surface area contributed by atoms with Crippen LogP contribution in [0, 0.1) is 11.6 Å². The number of piperazine rings is 1. The highest BCUT2D eigenvalue weighted by atomic mass is 19.1. The van der Waals surface area contributed by atoms with E-state index in [4.69, 9.17) is 13.9 Å². The van der Waals surface area contributed by atoms with Crippen molar-refractivity contribution in [3.63, 3.8) is 0 Å². The number of furan rings is 1. The Bertz CT molecular complexity index is 1670. The Balaban J connectivity index is 1.43. The molecule has 2 aromatic carbocycles. The number of ketones is 1. The number of halogens is 2. The molecule has 1 fully saturated rings. The van der Waals surface area contributed by atoms with E-state index in [2.05, 4.69) is 38.9 Å². The fourth-order valence-electron chi connectivity index (χ4n) is 4.89. The van der Waals surface area contributed by atoms with E-state index in [1.54, 1.807) is 12.1 Å². The fraction of sp³-hybridized carbons (Fsp3) is 0.258. The quantitative estimate of drug-likeness (QED) is 0.186. The van der Waals surface area contributed by atoms with Crippen molar-refractivity contribution in [2.45, 2.75) is 6.92 Å². The summed E-state index contributed by atoms with van der Waals surface area (Å²) in [5.74, 6) is -4.44. The van der Waals surface area contributed by atoms with Crippen molar-refractivity contribution in [3.8, 4) is 11.5 Å². The predicted molar refractivity (Wildman–Crippen MR) is 160 cm³/mol. The Hall–Kier alpha value is -4.97. The minimum absolute atomic E-state index is 0.0612. The average Bonchev–Trinajstić information content (AvgIpc) is 3.45. The lowest BCUT2D eigenvalue weighted by molar-refractivity contribution is -0.111. The molecule has 1 aliphatic heterocycles. The van der Waals surface area contributed by atoms with E-state index >= 15 is 0 Å². The van der Waals surface area contributed by atoms with E-state index < -0.39 is 23.0 Å². The zero-order valence-electron chi connectivity index (χ0n) is 24.0. The summed E-state index contributed by atoms with van der Waals surface area (Å²) in [5.41, 5.74) is 1.24. The van der Waals surface area contributed by atoms with Gasteiger partial charge in [-0.15, -0.1) is 0 Å². The number of aromatic nitrogens is 1. The van der Waals surface area contributed by atoms with Crippen LogP contribution >= 0.6 is 0 Å². The third kappa shape index (κ3) is 6.00. The van der Waals surface area contributed by atoms with Crippen LogP contribution in [0.5, 0.6) is 11.5 Å². The number of fused-ring (bicyclic) bond motifs is 1. The molecule has 0 atom stereocenters. The van der Waals surface area contributed by atoms with Gasteiger partial charge >= 0.3 is 0 Å². The molecule has 0 spiro atoms. The first-order chi connectivity index (χ1) is 20.8. The van der Waals surface area contributed by atoms with Gasteiger partial charge in [0.1, 0.15) is 11.4 Å². The van der Waals surface area contributed by atoms with Gasteiger partial charge in [-0.3, -0.25) is 9.59 Å². The molecular weight excluding hydrogens is 560 g/mol. The van der Waals surface area contributed by atoms with Crippen molar-refractivity contribution >= 4 is 45.7 Å². The summed E-state index contributed by atoms with van der Waals surface area (Å²) < 4.78 is 45.4. The monoisotopic (exact) mass is 591 g/mol. The summed E-state index contributed by atoms with van der Waals surface area (Å²) in [5, 5.41) is 6.45. The summed E-state index contributed by atoms with van der Waals surface area (Å²) >= 11 is 0. The molecule has 43 heavy (non-hydrogen) atoms. The van der Waals surface area contributed by atoms with Crippen LogP contribution < -0.4 is 25.0 Å². The summed E-state index contributed by atoms with van der Waals surface area (Å²) in [6.45, 7) is 10.3. The van der Waals surface area contributed by atoms with E-state index in [-0.39, 0.29) is 28.9 Å². The van der Waals surface area contributed by atoms with Crippen molar-refractivity contribution in [3.05, 3.63) is 78.1 Å². The summed E-state index contributed by atoms with van der Waals surface area (Å²) in [4.78, 5) is 34.5. The van der Waals surface area contributed by atoms with Gasteiger partial charge in [0.15, 0.2) is 28.9 Å². The van der Waals surface area contributed by atoms with E-state index in [9.17, 15) is 18.4 Å². The number of nitrogens with one attached hydrogen (secondary N) is 2. The molecule has 1 aliphatic rings. The van der Waals surface area contributed by atoms with Crippen molar-refractivity contribution in [2.75, 3.05) is 62.5 Å². The highest BCUT2D eigenvalue weighted by molar-refractivity contribution is 6.09. The van der Waals surface area contributed by atoms with Crippen molar-refractivity contribution < 1.29 is 32.3 Å². The maximum atomic E-state index is 14.9. The molecule has 0 aliphatic carbocycles. The van der Waals surface area contributed by atoms with Crippen molar-refractivity contribution in [1.82, 2.24) is 9.88 Å². The van der Waals surface area contributed by atoms with Gasteiger partial charge < -0.3 is 34.3 Å². The zero-order valence-corrected chi connectivity index (χ0v) is 24.0. The number of anilines is 4. The van der Waals surface area contributed by atoms with Gasteiger partial charge in [0.25, 0.3) is 0 Å². The van der Waals surface area contributed by atoms with Crippen molar-refractivity contribution in [1.29, 1.82) is 0 Å². The maximum Gasteiger partial charge on any atom is 0.247 e. The largest absolute Gasteiger partial charge is 0.494 e. The Kier molecular flexibility index (Phi) is 8.58. The average molecular weight is 592 g/mol. The van der Waals surface area contributed by atoms with Crippen molar-refractivity contribution in [2.24, 2.45) is 0 Å². The highest BCUT2D eigenvalue weighted by Gasteiger charge is 2.29. The minimum atomic E-state index is -1.17. The number of carbonyl (C=O) groups is 2. The second-order valence-electron chi connectivity index (χ2n) is 9.78. The smallest absolute Gasteiger partial charge is 0.247 e. The van der Waals surface area contributed by atoms with Crippen LogP contribution in [-0.4, -0.2) is 68.5 Å². The van der Waals surface area contributed by atoms with Crippen LogP contribution in [0.3, 0.4) is 0 Å². The van der Waals surface area contributed by atoms with Gasteiger partial charge in [0.05, 0.1) is 25.6 Å². The molecule has 2 N–H and O–H groups in total. The normalized spacial score (nSPS) is 13.6. The standard InChI is InChI=1S/C31H31F2N5O5/c1-5-26(39)35-21-16-19(38-13-11-37(6-2)12-14-38)8-9-20(21)34-25-10-7-18-15-24(43-31(18)36-25)30(40)27-28(32)22(41-3)17-23(42-4)29(27)33/h5,7-10,15-17H,1,6,11-14H2,2-4H3,(H,34,36)(H,35,39). The second kappa shape index (κ2) is 12.5. The SMILES string of the molecule is C=CC(=O)Nc1cc(N2CCN(CC)CC2)ccc1Nc1ccc2cc(C(=O)c3c(F)c(OC)cc(OC)c3F)oc2n1. The number of amides is 1. The first-order valence-electron chi connectivity index (χ1n) is 13.6. The van der Waals surface area contributed by atoms with Gasteiger partial charge in [-0.2, -0.15) is 4.98 Å². The molecule has 12 heteroatoms. The molecule has 2 aromatic heterocycles. The van der Waals surface area contributed by atoms with Crippen LogP contribution in [0.4, 0.5) is 31.7 Å². The number of likely N-dealkylation sites (N-methyl/N-ethyl adjacent to an activating group) is 1. The van der Waals surface area contributed by atoms with Crippen LogP contribution in [0.1, 0.15) is 23.0 Å². The number of carbonyl (C=O) groups excluding carboxylic acids is 2. The molecule has 5 rings (SSSR count). The fourth-order valence-corrected chi connectivity index (χ4v) is 4.89. The third-order valence-electron chi connectivity index (χ3n) is 7.30. The highest BCUT2D eigenvalue weighted by Crippen LogP contribution is 2.35. The molecule has 3 heterocycles. The van der Waals surface area contributed by atoms with Gasteiger partial charge in [-0.25, -0.2) is 8.78 Å². The van der Waals surface area contributed by atoms with Gasteiger partial charge in [0.2, 0.25) is 17.4 Å². The number of hydrogen-bond donors (Lipinski definition) is 2. The summed E-state index contributed by atoms with van der Waals surface area (Å²) in [6, 6.07) is 11.4. The van der Waals surface area contributed by atoms with Gasteiger partial charge in [-0.05, 0) is 49.0 Å². The predicted octanol–water partition coefficient (Wildman–Crippen LogP) is 5.36. The maximum absolute atomic E-state index is 14.9. The molecule has 1 saturated heterocycles. The lowest BCUT2D eigenvalue weighted by Crippen LogP contribution is -2.46. The summed E-state index contributed by atoms with van der Waals surface area (Å²) in [6.07, 6.45) is 1.19. The number of methoxy groups -OCH3 is 2. The molecule has 0 bridgehead atoms. The van der Waals surface area contributed by atoms with E-state index in [0.717, 1.165) is 44.5 Å². The molecule has 224 valence electrons. The minimum Gasteiger partial charge on any atom is -0.494 e. The van der Waals surface area contributed by atoms with Gasteiger partial charge in [0, 0.05) is 43.3 Å². The first-order valence-corrected chi connectivity index (χ1v) is 13.6. The number of ether oxygens (including phenoxy) is 2. The Morgan fingerprint density at radius 1 is 1.00 bits per heavy atom. The lowest BCUT2D eigenvalue weighted by atomic mass is 10.1. The van der Waals surface area contributed by atoms with Crippen LogP contribution in [0.25, 0.3) is 11.1 Å². The Morgan fingerprint density at radius 2 is 1.70 bits per heavy atom. The Morgan fingerprint density at radius 3 is 2.33 bits per heavy atom. The van der Waals surface area contributed by atoms with Crippen LogP contribution in [0.15, 0.2) is 59.5 Å². The second-order valence-corrected chi connectivity index (χ2v) is 9.78. The molecule has 0 unspecified atom stereocenters. The molecule has 10 nitrogen and oxygen atoms in total. The molecule has 0 radical (unpaired) electrons. The first kappa shape index (κ1) is 29.5. The molecule has 4 aromatic rings. The van der Waals surface area contributed by atoms with E-state index in [1.807, 2.05) is 18.2 Å². The molecule has 0 saturated carbocycles. The van der Waals surface area contributed by atoms with Gasteiger partial charge in [-0.1, -0.05) is 13.5 Å².